The van der Waals surface area contributed by atoms with Gasteiger partial charge in [-0.1, -0.05) is 40.5 Å². The van der Waals surface area contributed by atoms with E-state index in [4.69, 9.17) is 0 Å². The third-order valence-electron chi connectivity index (χ3n) is 6.69. The molecule has 0 bridgehead atoms. The molecule has 2 rings (SSSR count). The van der Waals surface area contributed by atoms with Gasteiger partial charge in [0, 0.05) is 0 Å². The summed E-state index contributed by atoms with van der Waals surface area (Å²) in [6.45, 7) is 8.96. The maximum Gasteiger partial charge on any atom is 0.0863 e. The summed E-state index contributed by atoms with van der Waals surface area (Å²) in [5, 5.41) is 21.3. The van der Waals surface area contributed by atoms with Gasteiger partial charge in [0.15, 0.2) is 0 Å². The van der Waals surface area contributed by atoms with E-state index in [1.54, 1.807) is 0 Å². The molecule has 0 aliphatic heterocycles. The Kier molecular flexibility index (Phi) is 4.50. The molecule has 2 aliphatic carbocycles. The van der Waals surface area contributed by atoms with Gasteiger partial charge in [0.1, 0.15) is 0 Å². The van der Waals surface area contributed by atoms with Crippen LogP contribution in [0.3, 0.4) is 0 Å². The lowest BCUT2D eigenvalue weighted by Crippen LogP contribution is -2.57. The topological polar surface area (TPSA) is 44.0 Å². The molecule has 2 saturated carbocycles. The van der Waals surface area contributed by atoms with E-state index in [0.29, 0.717) is 11.8 Å². The lowest BCUT2D eigenvalue weighted by Gasteiger charge is -2.53. The monoisotopic (exact) mass is 277 g/mol. The quantitative estimate of drug-likeness (QED) is 0.806. The van der Waals surface area contributed by atoms with Crippen molar-refractivity contribution in [3.63, 3.8) is 0 Å². The van der Waals surface area contributed by atoms with Gasteiger partial charge in [-0.2, -0.15) is 5.26 Å². The molecule has 2 fully saturated rings. The Morgan fingerprint density at radius 2 is 1.70 bits per heavy atom. The SMILES string of the molecule is CC(C)C1CCC(C#N)(C2(O)CCCC(C)C2C)CC1. The van der Waals surface area contributed by atoms with E-state index < -0.39 is 11.0 Å². The minimum atomic E-state index is -0.763. The molecule has 2 nitrogen and oxygen atoms in total. The number of nitriles is 1. The number of aliphatic hydroxyl groups is 1. The molecule has 1 N–H and O–H groups in total. The molecule has 0 radical (unpaired) electrons. The summed E-state index contributed by atoms with van der Waals surface area (Å²) in [7, 11) is 0. The largest absolute Gasteiger partial charge is 0.388 e. The maximum absolute atomic E-state index is 11.4. The number of rotatable bonds is 2. The predicted octanol–water partition coefficient (Wildman–Crippen LogP) is 4.53. The highest BCUT2D eigenvalue weighted by Crippen LogP contribution is 2.55. The molecule has 0 amide bonds. The lowest BCUT2D eigenvalue weighted by atomic mass is 9.53. The number of hydrogen-bond acceptors (Lipinski definition) is 2. The van der Waals surface area contributed by atoms with Crippen molar-refractivity contribution in [1.29, 1.82) is 5.26 Å². The average Bonchev–Trinajstić information content (AvgIpc) is 2.44. The molecule has 114 valence electrons. The Labute approximate surface area is 124 Å². The van der Waals surface area contributed by atoms with Crippen molar-refractivity contribution in [1.82, 2.24) is 0 Å². The fraction of sp³-hybridized carbons (Fsp3) is 0.944. The third kappa shape index (κ3) is 2.39. The molecular formula is C18H31NO. The molecule has 20 heavy (non-hydrogen) atoms. The number of nitrogens with zero attached hydrogens (tertiary/aromatic N) is 1. The molecule has 3 unspecified atom stereocenters. The van der Waals surface area contributed by atoms with E-state index in [-0.39, 0.29) is 5.92 Å². The second-order valence-electron chi connectivity index (χ2n) is 7.86. The molecule has 0 spiro atoms. The van der Waals surface area contributed by atoms with Crippen LogP contribution in [0.25, 0.3) is 0 Å². The van der Waals surface area contributed by atoms with E-state index in [1.165, 1.54) is 6.42 Å². The zero-order valence-electron chi connectivity index (χ0n) is 13.7. The highest BCUT2D eigenvalue weighted by atomic mass is 16.3. The minimum Gasteiger partial charge on any atom is -0.388 e. The van der Waals surface area contributed by atoms with Crippen molar-refractivity contribution in [2.45, 2.75) is 78.2 Å². The first kappa shape index (κ1) is 15.8. The normalized spacial score (nSPS) is 46.1. The first-order chi connectivity index (χ1) is 9.36. The van der Waals surface area contributed by atoms with Crippen LogP contribution in [0.2, 0.25) is 0 Å². The fourth-order valence-corrected chi connectivity index (χ4v) is 4.76. The van der Waals surface area contributed by atoms with Crippen molar-refractivity contribution < 1.29 is 5.11 Å². The van der Waals surface area contributed by atoms with Crippen LogP contribution in [-0.4, -0.2) is 10.7 Å². The van der Waals surface area contributed by atoms with Crippen LogP contribution in [0.15, 0.2) is 0 Å². The first-order valence-electron chi connectivity index (χ1n) is 8.50. The second-order valence-corrected chi connectivity index (χ2v) is 7.86. The minimum absolute atomic E-state index is 0.242. The highest BCUT2D eigenvalue weighted by molar-refractivity contribution is 5.16. The fourth-order valence-electron chi connectivity index (χ4n) is 4.76. The summed E-state index contributed by atoms with van der Waals surface area (Å²) < 4.78 is 0. The van der Waals surface area contributed by atoms with Gasteiger partial charge >= 0.3 is 0 Å². The molecule has 0 saturated heterocycles. The molecule has 2 heteroatoms. The van der Waals surface area contributed by atoms with Crippen molar-refractivity contribution in [2.75, 3.05) is 0 Å². The molecule has 0 aromatic heterocycles. The molecular weight excluding hydrogens is 246 g/mol. The first-order valence-corrected chi connectivity index (χ1v) is 8.50. The number of hydrogen-bond donors (Lipinski definition) is 1. The summed E-state index contributed by atoms with van der Waals surface area (Å²) in [6.07, 6.45) is 7.07. The Balaban J connectivity index is 2.22. The maximum atomic E-state index is 11.4. The van der Waals surface area contributed by atoms with Crippen molar-refractivity contribution in [3.05, 3.63) is 0 Å². The van der Waals surface area contributed by atoms with Crippen LogP contribution >= 0.6 is 0 Å². The van der Waals surface area contributed by atoms with Gasteiger partial charge in [0.05, 0.1) is 17.1 Å². The van der Waals surface area contributed by atoms with Gasteiger partial charge < -0.3 is 5.11 Å². The highest BCUT2D eigenvalue weighted by Gasteiger charge is 2.56. The zero-order chi connectivity index (χ0) is 15.0. The van der Waals surface area contributed by atoms with E-state index in [2.05, 4.69) is 33.8 Å². The van der Waals surface area contributed by atoms with Crippen LogP contribution in [0.5, 0.6) is 0 Å². The third-order valence-corrected chi connectivity index (χ3v) is 6.69. The smallest absolute Gasteiger partial charge is 0.0863 e. The van der Waals surface area contributed by atoms with Crippen LogP contribution in [-0.2, 0) is 0 Å². The summed E-state index contributed by atoms with van der Waals surface area (Å²) in [5.74, 6) is 2.20. The van der Waals surface area contributed by atoms with Gasteiger partial charge in [-0.3, -0.25) is 0 Å². The standard InChI is InChI=1S/C18H31NO/c1-13(2)16-7-10-17(12-19,11-8-16)18(20)9-5-6-14(3)15(18)4/h13-16,20H,5-11H2,1-4H3. The summed E-state index contributed by atoms with van der Waals surface area (Å²) >= 11 is 0. The Bertz CT molecular complexity index is 375. The van der Waals surface area contributed by atoms with Gasteiger partial charge in [-0.25, -0.2) is 0 Å². The second kappa shape index (κ2) is 5.68. The summed E-state index contributed by atoms with van der Waals surface area (Å²) in [4.78, 5) is 0. The van der Waals surface area contributed by atoms with Crippen LogP contribution in [0, 0.1) is 40.4 Å². The van der Waals surface area contributed by atoms with E-state index in [1.807, 2.05) is 0 Å². The van der Waals surface area contributed by atoms with Crippen molar-refractivity contribution in [2.24, 2.45) is 29.1 Å². The lowest BCUT2D eigenvalue weighted by molar-refractivity contribution is -0.150. The predicted molar refractivity (Wildman–Crippen MR) is 82.0 cm³/mol. The molecule has 2 aliphatic rings. The summed E-state index contributed by atoms with van der Waals surface area (Å²) in [5.41, 5.74) is -1.26. The van der Waals surface area contributed by atoms with Crippen LogP contribution in [0.4, 0.5) is 0 Å². The zero-order valence-corrected chi connectivity index (χ0v) is 13.7. The van der Waals surface area contributed by atoms with Crippen LogP contribution < -0.4 is 0 Å². The van der Waals surface area contributed by atoms with Gasteiger partial charge in [-0.05, 0) is 55.8 Å². The van der Waals surface area contributed by atoms with Gasteiger partial charge in [0.25, 0.3) is 0 Å². The van der Waals surface area contributed by atoms with Crippen LogP contribution in [0.1, 0.15) is 72.6 Å². The summed E-state index contributed by atoms with van der Waals surface area (Å²) in [6, 6.07) is 2.59. The van der Waals surface area contributed by atoms with Crippen molar-refractivity contribution in [3.8, 4) is 6.07 Å². The Morgan fingerprint density at radius 3 is 2.20 bits per heavy atom. The molecule has 0 heterocycles. The van der Waals surface area contributed by atoms with E-state index in [0.717, 1.165) is 44.4 Å². The Morgan fingerprint density at radius 1 is 1.10 bits per heavy atom. The molecule has 3 atom stereocenters. The van der Waals surface area contributed by atoms with Gasteiger partial charge in [-0.15, -0.1) is 0 Å². The Hall–Kier alpha value is -0.550. The van der Waals surface area contributed by atoms with Crippen molar-refractivity contribution >= 4 is 0 Å². The molecule has 0 aromatic carbocycles. The molecule has 0 aromatic rings. The average molecular weight is 277 g/mol. The van der Waals surface area contributed by atoms with E-state index >= 15 is 0 Å². The van der Waals surface area contributed by atoms with Gasteiger partial charge in [0.2, 0.25) is 0 Å². The van der Waals surface area contributed by atoms with E-state index in [9.17, 15) is 10.4 Å².